The normalized spacial score (nSPS) is 12.7. The monoisotopic (exact) mass is 200 g/mol. The molecule has 0 aromatic heterocycles. The minimum absolute atomic E-state index is 0.505. The summed E-state index contributed by atoms with van der Waals surface area (Å²) in [7, 11) is 0. The van der Waals surface area contributed by atoms with E-state index in [1.165, 1.54) is 6.26 Å². The first-order valence-electron chi connectivity index (χ1n) is 3.28. The van der Waals surface area contributed by atoms with Crippen LogP contribution in [0.1, 0.15) is 6.92 Å². The summed E-state index contributed by atoms with van der Waals surface area (Å²) in [6, 6.07) is 0. The Morgan fingerprint density at radius 3 is 2.08 bits per heavy atom. The number of thiocarbonyl (C=S) groups is 1. The first-order chi connectivity index (χ1) is 6.06. The molecular formula is C8H8O4S. The maximum atomic E-state index is 9.92. The number of carbonyl (C=O) groups is 2. The highest BCUT2D eigenvalue weighted by molar-refractivity contribution is 7.80. The van der Waals surface area contributed by atoms with E-state index in [1.54, 1.807) is 6.92 Å². The molecule has 0 unspecified atom stereocenters. The zero-order chi connectivity index (χ0) is 10.3. The highest BCUT2D eigenvalue weighted by Crippen LogP contribution is 1.92. The molecule has 1 rings (SSSR count). The Morgan fingerprint density at radius 1 is 1.54 bits per heavy atom. The van der Waals surface area contributed by atoms with E-state index in [-0.39, 0.29) is 0 Å². The Kier molecular flexibility index (Phi) is 5.38. The number of carbonyl (C=O) groups excluding carboxylic acids is 2. The summed E-state index contributed by atoms with van der Waals surface area (Å²) >= 11 is 4.50. The molecule has 0 spiro atoms. The SMILES string of the molecule is C=COC(C)=S.O=C1C=CC(=O)O1. The highest BCUT2D eigenvalue weighted by atomic mass is 32.1. The molecule has 0 fully saturated rings. The van der Waals surface area contributed by atoms with Crippen LogP contribution in [0, 0.1) is 0 Å². The second kappa shape index (κ2) is 6.07. The number of cyclic esters (lactones) is 2. The van der Waals surface area contributed by atoms with Crippen LogP contribution >= 0.6 is 12.2 Å². The molecule has 1 aliphatic heterocycles. The predicted molar refractivity (Wildman–Crippen MR) is 49.8 cm³/mol. The van der Waals surface area contributed by atoms with E-state index in [2.05, 4.69) is 28.3 Å². The zero-order valence-corrected chi connectivity index (χ0v) is 7.80. The third-order valence-corrected chi connectivity index (χ3v) is 0.902. The summed E-state index contributed by atoms with van der Waals surface area (Å²) < 4.78 is 8.51. The molecule has 0 aromatic carbocycles. The molecule has 4 nitrogen and oxygen atoms in total. The first kappa shape index (κ1) is 11.5. The number of hydrogen-bond acceptors (Lipinski definition) is 5. The van der Waals surface area contributed by atoms with Crippen molar-refractivity contribution in [2.45, 2.75) is 6.92 Å². The molecule has 1 heterocycles. The quantitative estimate of drug-likeness (QED) is 0.275. The Balaban J connectivity index is 0.000000226. The van der Waals surface area contributed by atoms with Crippen molar-refractivity contribution in [1.82, 2.24) is 0 Å². The third kappa shape index (κ3) is 6.89. The van der Waals surface area contributed by atoms with Gasteiger partial charge in [-0.15, -0.1) is 0 Å². The molecule has 0 N–H and O–H groups in total. The molecule has 5 heteroatoms. The van der Waals surface area contributed by atoms with Crippen molar-refractivity contribution in [3.05, 3.63) is 25.0 Å². The van der Waals surface area contributed by atoms with Gasteiger partial charge in [-0.2, -0.15) is 0 Å². The number of hydrogen-bond donors (Lipinski definition) is 0. The van der Waals surface area contributed by atoms with Gasteiger partial charge in [-0.3, -0.25) is 0 Å². The van der Waals surface area contributed by atoms with Crippen molar-refractivity contribution in [3.63, 3.8) is 0 Å². The van der Waals surface area contributed by atoms with E-state index < -0.39 is 11.9 Å². The molecule has 0 saturated heterocycles. The molecule has 1 aliphatic rings. The van der Waals surface area contributed by atoms with Crippen molar-refractivity contribution < 1.29 is 19.1 Å². The smallest absolute Gasteiger partial charge is 0.338 e. The van der Waals surface area contributed by atoms with Crippen LogP contribution in [0.3, 0.4) is 0 Å². The van der Waals surface area contributed by atoms with E-state index in [4.69, 9.17) is 0 Å². The van der Waals surface area contributed by atoms with Gasteiger partial charge in [-0.25, -0.2) is 9.59 Å². The van der Waals surface area contributed by atoms with Gasteiger partial charge in [0.15, 0.2) is 5.05 Å². The van der Waals surface area contributed by atoms with Gasteiger partial charge in [0.25, 0.3) is 0 Å². The van der Waals surface area contributed by atoms with Crippen LogP contribution in [0.25, 0.3) is 0 Å². The molecule has 70 valence electrons. The standard InChI is InChI=1S/C4H2O3.C4H6OS/c5-3-1-2-4(6)7-3;1-3-5-4(2)6/h1-2H;3H,1H2,2H3. The third-order valence-electron chi connectivity index (χ3n) is 0.806. The Hall–Kier alpha value is -1.49. The maximum Gasteiger partial charge on any atom is 0.338 e. The molecule has 0 radical (unpaired) electrons. The molecule has 0 atom stereocenters. The number of rotatable bonds is 1. The molecule has 0 saturated carbocycles. The average Bonchev–Trinajstić information content (AvgIpc) is 2.35. The van der Waals surface area contributed by atoms with E-state index >= 15 is 0 Å². The first-order valence-corrected chi connectivity index (χ1v) is 3.69. The average molecular weight is 200 g/mol. The fraction of sp³-hybridized carbons (Fsp3) is 0.125. The van der Waals surface area contributed by atoms with E-state index in [9.17, 15) is 9.59 Å². The summed E-state index contributed by atoms with van der Waals surface area (Å²) in [5.74, 6) is -1.16. The van der Waals surface area contributed by atoms with Crippen molar-refractivity contribution in [2.75, 3.05) is 0 Å². The lowest BCUT2D eigenvalue weighted by molar-refractivity contribution is -0.150. The number of esters is 2. The van der Waals surface area contributed by atoms with Gasteiger partial charge in [0.05, 0.1) is 6.26 Å². The molecule has 0 aromatic rings. The van der Waals surface area contributed by atoms with Crippen LogP contribution in [0.2, 0.25) is 0 Å². The molecule has 13 heavy (non-hydrogen) atoms. The van der Waals surface area contributed by atoms with Gasteiger partial charge in [0, 0.05) is 19.1 Å². The van der Waals surface area contributed by atoms with Gasteiger partial charge in [-0.1, -0.05) is 6.58 Å². The maximum absolute atomic E-state index is 9.92. The van der Waals surface area contributed by atoms with Gasteiger partial charge in [-0.05, 0) is 12.2 Å². The fourth-order valence-corrected chi connectivity index (χ4v) is 0.489. The molecule has 0 aliphatic carbocycles. The molecular weight excluding hydrogens is 192 g/mol. The van der Waals surface area contributed by atoms with Crippen LogP contribution in [0.5, 0.6) is 0 Å². The van der Waals surface area contributed by atoms with E-state index in [1.807, 2.05) is 0 Å². The second-order valence-electron chi connectivity index (χ2n) is 1.85. The zero-order valence-electron chi connectivity index (χ0n) is 6.98. The lowest BCUT2D eigenvalue weighted by atomic mass is 10.6. The number of ether oxygens (including phenoxy) is 2. The summed E-state index contributed by atoms with van der Waals surface area (Å²) in [5, 5.41) is 0.505. The van der Waals surface area contributed by atoms with Crippen molar-refractivity contribution in [2.24, 2.45) is 0 Å². The van der Waals surface area contributed by atoms with Crippen LogP contribution in [0.4, 0.5) is 0 Å². The summed E-state index contributed by atoms with van der Waals surface area (Å²) in [6.45, 7) is 4.98. The van der Waals surface area contributed by atoms with Gasteiger partial charge in [0.1, 0.15) is 0 Å². The highest BCUT2D eigenvalue weighted by Gasteiger charge is 2.10. The van der Waals surface area contributed by atoms with Gasteiger partial charge >= 0.3 is 11.9 Å². The van der Waals surface area contributed by atoms with Crippen LogP contribution in [-0.2, 0) is 19.1 Å². The Morgan fingerprint density at radius 2 is 2.00 bits per heavy atom. The van der Waals surface area contributed by atoms with E-state index in [0.717, 1.165) is 12.2 Å². The Bertz CT molecular complexity index is 251. The van der Waals surface area contributed by atoms with Crippen molar-refractivity contribution >= 4 is 29.2 Å². The van der Waals surface area contributed by atoms with Gasteiger partial charge < -0.3 is 9.47 Å². The minimum Gasteiger partial charge on any atom is -0.459 e. The van der Waals surface area contributed by atoms with E-state index in [0.29, 0.717) is 5.05 Å². The topological polar surface area (TPSA) is 52.6 Å². The van der Waals surface area contributed by atoms with Crippen LogP contribution in [-0.4, -0.2) is 17.0 Å². The summed E-state index contributed by atoms with van der Waals surface area (Å²) in [6.07, 6.45) is 3.48. The van der Waals surface area contributed by atoms with Crippen molar-refractivity contribution in [1.29, 1.82) is 0 Å². The van der Waals surface area contributed by atoms with Gasteiger partial charge in [0.2, 0.25) is 0 Å². The summed E-state index contributed by atoms with van der Waals surface area (Å²) in [4.78, 5) is 19.8. The minimum atomic E-state index is -0.579. The lowest BCUT2D eigenvalue weighted by Gasteiger charge is -1.87. The fourth-order valence-electron chi connectivity index (χ4n) is 0.421. The lowest BCUT2D eigenvalue weighted by Crippen LogP contribution is -1.96. The summed E-state index contributed by atoms with van der Waals surface area (Å²) in [5.41, 5.74) is 0. The van der Waals surface area contributed by atoms with Crippen molar-refractivity contribution in [3.8, 4) is 0 Å². The molecule has 0 bridgehead atoms. The van der Waals surface area contributed by atoms with Crippen LogP contribution in [0.15, 0.2) is 25.0 Å². The Labute approximate surface area is 80.8 Å². The predicted octanol–water partition coefficient (Wildman–Crippen LogP) is 1.12. The molecule has 0 amide bonds. The van der Waals surface area contributed by atoms with Crippen LogP contribution < -0.4 is 0 Å². The largest absolute Gasteiger partial charge is 0.459 e. The second-order valence-corrected chi connectivity index (χ2v) is 2.42.